The Morgan fingerprint density at radius 3 is 1.76 bits per heavy atom. The van der Waals surface area contributed by atoms with Crippen molar-refractivity contribution in [3.05, 3.63) is 186 Å². The summed E-state index contributed by atoms with van der Waals surface area (Å²) in [6.45, 7) is 9.21. The van der Waals surface area contributed by atoms with Gasteiger partial charge in [0.05, 0.1) is 16.7 Å². The van der Waals surface area contributed by atoms with E-state index in [0.717, 1.165) is 0 Å². The summed E-state index contributed by atoms with van der Waals surface area (Å²) >= 11 is 0. The molecule has 0 saturated carbocycles. The standard InChI is InChI=1S/C48H44N3/c1-32(2)36-23-25-44-40-19-11-13-21-42(40)48(43-22-14-12-20-41(43)46-29-35(27-28-49(46)5)34-15-7-6-8-16-34)47(50(44)30-36)39-18-10-9-17-38(39)45-26-24-37(33(3)4)31-51(45)48/h6-33,47H,1-5H3/q+3. The van der Waals surface area contributed by atoms with Gasteiger partial charge in [-0.15, -0.1) is 0 Å². The van der Waals surface area contributed by atoms with Crippen LogP contribution >= 0.6 is 0 Å². The van der Waals surface area contributed by atoms with Crippen LogP contribution in [0.3, 0.4) is 0 Å². The lowest BCUT2D eigenvalue weighted by molar-refractivity contribution is -0.823. The molecule has 2 unspecified atom stereocenters. The number of pyridine rings is 3. The molecule has 0 N–H and O–H groups in total. The molecule has 0 aliphatic carbocycles. The van der Waals surface area contributed by atoms with Crippen LogP contribution < -0.4 is 13.7 Å². The van der Waals surface area contributed by atoms with Crippen molar-refractivity contribution < 1.29 is 13.7 Å². The molecule has 51 heavy (non-hydrogen) atoms. The van der Waals surface area contributed by atoms with Crippen LogP contribution in [0, 0.1) is 0 Å². The third-order valence-electron chi connectivity index (χ3n) is 11.4. The van der Waals surface area contributed by atoms with E-state index in [4.69, 9.17) is 0 Å². The van der Waals surface area contributed by atoms with Gasteiger partial charge in [0.2, 0.25) is 17.1 Å². The summed E-state index contributed by atoms with van der Waals surface area (Å²) in [6, 6.07) is 52.2. The molecular weight excluding hydrogens is 619 g/mol. The van der Waals surface area contributed by atoms with Gasteiger partial charge in [-0.05, 0) is 53.3 Å². The van der Waals surface area contributed by atoms with Crippen LogP contribution in [0.25, 0.3) is 44.9 Å². The second kappa shape index (κ2) is 12.0. The lowest BCUT2D eigenvalue weighted by atomic mass is 9.65. The summed E-state index contributed by atoms with van der Waals surface area (Å²) in [4.78, 5) is 0. The molecular formula is C48H44N3+3. The van der Waals surface area contributed by atoms with Gasteiger partial charge >= 0.3 is 0 Å². The summed E-state index contributed by atoms with van der Waals surface area (Å²) in [5.41, 5.74) is 15.9. The van der Waals surface area contributed by atoms with E-state index >= 15 is 0 Å². The first-order chi connectivity index (χ1) is 24.9. The SMILES string of the molecule is CC(C)c1ccc2[n+](c1)C1c3ccccc3-c3ccc(C(C)C)c[n+]3C1(c1ccccc1-c1cc(-c3ccccc3)cc[n+]1C)c1ccccc1-2. The van der Waals surface area contributed by atoms with Crippen molar-refractivity contribution in [2.24, 2.45) is 7.05 Å². The lowest BCUT2D eigenvalue weighted by Crippen LogP contribution is -2.72. The quantitative estimate of drug-likeness (QED) is 0.163. The first-order valence-electron chi connectivity index (χ1n) is 18.3. The van der Waals surface area contributed by atoms with Gasteiger partial charge in [-0.3, -0.25) is 0 Å². The molecule has 2 aliphatic heterocycles. The molecule has 3 heteroatoms. The van der Waals surface area contributed by atoms with Crippen molar-refractivity contribution in [2.45, 2.75) is 51.1 Å². The third-order valence-corrected chi connectivity index (χ3v) is 11.4. The molecule has 0 radical (unpaired) electrons. The Balaban J connectivity index is 1.46. The van der Waals surface area contributed by atoms with Crippen molar-refractivity contribution in [3.8, 4) is 44.9 Å². The molecule has 0 fully saturated rings. The van der Waals surface area contributed by atoms with Gasteiger partial charge in [0.1, 0.15) is 7.05 Å². The van der Waals surface area contributed by atoms with Gasteiger partial charge < -0.3 is 0 Å². The highest BCUT2D eigenvalue weighted by atomic mass is 15.2. The Morgan fingerprint density at radius 2 is 1.08 bits per heavy atom. The highest BCUT2D eigenvalue weighted by molar-refractivity contribution is 5.76. The first kappa shape index (κ1) is 31.3. The maximum absolute atomic E-state index is 2.66. The van der Waals surface area contributed by atoms with Crippen LogP contribution in [0.5, 0.6) is 0 Å². The molecule has 5 heterocycles. The number of hydrogen-bond acceptors (Lipinski definition) is 0. The summed E-state index contributed by atoms with van der Waals surface area (Å²) in [7, 11) is 2.18. The number of fused-ring (bicyclic) bond motifs is 11. The van der Waals surface area contributed by atoms with Crippen LogP contribution in [0.4, 0.5) is 0 Å². The van der Waals surface area contributed by atoms with Crippen molar-refractivity contribution in [1.29, 1.82) is 0 Å². The summed E-state index contributed by atoms with van der Waals surface area (Å²) in [6.07, 6.45) is 7.13. The summed E-state index contributed by atoms with van der Waals surface area (Å²) in [5, 5.41) is 0. The van der Waals surface area contributed by atoms with Crippen LogP contribution in [-0.4, -0.2) is 0 Å². The molecule has 3 nitrogen and oxygen atoms in total. The van der Waals surface area contributed by atoms with E-state index in [9.17, 15) is 0 Å². The molecule has 0 amide bonds. The fraction of sp³-hybridized carbons (Fsp3) is 0.188. The van der Waals surface area contributed by atoms with E-state index in [-0.39, 0.29) is 6.04 Å². The number of nitrogens with zero attached hydrogens (tertiary/aromatic N) is 3. The Bertz CT molecular complexity index is 2460. The zero-order valence-electron chi connectivity index (χ0n) is 30.1. The second-order valence-corrected chi connectivity index (χ2v) is 14.9. The largest absolute Gasteiger partial charge is 0.286 e. The first-order valence-corrected chi connectivity index (χ1v) is 18.3. The van der Waals surface area contributed by atoms with Crippen LogP contribution in [-0.2, 0) is 12.6 Å². The number of aromatic nitrogens is 3. The Hall–Kier alpha value is -5.67. The number of aryl methyl sites for hydroxylation is 1. The van der Waals surface area contributed by atoms with E-state index in [1.54, 1.807) is 0 Å². The Labute approximate surface area is 301 Å². The van der Waals surface area contributed by atoms with Gasteiger partial charge in [-0.25, -0.2) is 4.57 Å². The molecule has 2 atom stereocenters. The topological polar surface area (TPSA) is 11.6 Å². The van der Waals surface area contributed by atoms with Crippen molar-refractivity contribution in [1.82, 2.24) is 0 Å². The van der Waals surface area contributed by atoms with Gasteiger partial charge in [0, 0.05) is 52.1 Å². The number of hydrogen-bond donors (Lipinski definition) is 0. The lowest BCUT2D eigenvalue weighted by Gasteiger charge is -2.42. The predicted octanol–water partition coefficient (Wildman–Crippen LogP) is 9.71. The highest BCUT2D eigenvalue weighted by Gasteiger charge is 2.66. The minimum absolute atomic E-state index is 0.0547. The maximum Gasteiger partial charge on any atom is 0.286 e. The summed E-state index contributed by atoms with van der Waals surface area (Å²) < 4.78 is 7.56. The van der Waals surface area contributed by atoms with Crippen LogP contribution in [0.2, 0.25) is 0 Å². The number of rotatable bonds is 5. The number of benzene rings is 4. The average Bonchev–Trinajstić information content (AvgIpc) is 3.17. The zero-order valence-corrected chi connectivity index (χ0v) is 30.1. The molecule has 7 aromatic rings. The fourth-order valence-corrected chi connectivity index (χ4v) is 8.79. The zero-order chi connectivity index (χ0) is 34.9. The summed E-state index contributed by atoms with van der Waals surface area (Å²) in [5.74, 6) is 0.769. The van der Waals surface area contributed by atoms with Crippen molar-refractivity contribution >= 4 is 0 Å². The minimum atomic E-state index is -0.620. The monoisotopic (exact) mass is 662 g/mol. The van der Waals surface area contributed by atoms with Gasteiger partial charge in [-0.1, -0.05) is 113 Å². The highest BCUT2D eigenvalue weighted by Crippen LogP contribution is 2.54. The molecule has 0 saturated heterocycles. The van der Waals surface area contributed by atoms with Crippen LogP contribution in [0.1, 0.15) is 73.4 Å². The average molecular weight is 663 g/mol. The molecule has 9 rings (SSSR count). The van der Waals surface area contributed by atoms with Crippen LogP contribution in [0.15, 0.2) is 158 Å². The smallest absolute Gasteiger partial charge is 0.201 e. The van der Waals surface area contributed by atoms with E-state index in [2.05, 4.69) is 207 Å². The van der Waals surface area contributed by atoms with Gasteiger partial charge in [-0.2, -0.15) is 9.13 Å². The molecule has 0 spiro atoms. The molecule has 248 valence electrons. The van der Waals surface area contributed by atoms with Gasteiger partial charge in [0.15, 0.2) is 18.6 Å². The van der Waals surface area contributed by atoms with E-state index in [0.29, 0.717) is 11.8 Å². The Morgan fingerprint density at radius 1 is 0.510 bits per heavy atom. The normalized spacial score (nSPS) is 17.0. The molecule has 3 aromatic heterocycles. The molecule has 4 aromatic carbocycles. The third kappa shape index (κ3) is 4.68. The minimum Gasteiger partial charge on any atom is -0.201 e. The van der Waals surface area contributed by atoms with Crippen molar-refractivity contribution in [3.63, 3.8) is 0 Å². The van der Waals surface area contributed by atoms with Gasteiger partial charge in [0.25, 0.3) is 11.6 Å². The van der Waals surface area contributed by atoms with Crippen molar-refractivity contribution in [2.75, 3.05) is 0 Å². The second-order valence-electron chi connectivity index (χ2n) is 14.9. The maximum atomic E-state index is 2.66. The van der Waals surface area contributed by atoms with E-state index < -0.39 is 5.54 Å². The van der Waals surface area contributed by atoms with E-state index in [1.807, 2.05) is 0 Å². The Kier molecular flexibility index (Phi) is 7.36. The molecule has 0 bridgehead atoms. The fourth-order valence-electron chi connectivity index (χ4n) is 8.79. The predicted molar refractivity (Wildman–Crippen MR) is 205 cm³/mol. The van der Waals surface area contributed by atoms with E-state index in [1.165, 1.54) is 72.7 Å². The molecule has 2 aliphatic rings.